The van der Waals surface area contributed by atoms with E-state index in [0.29, 0.717) is 19.4 Å². The van der Waals surface area contributed by atoms with E-state index in [-0.39, 0.29) is 17.9 Å². The molecule has 1 aliphatic rings. The fourth-order valence-electron chi connectivity index (χ4n) is 3.34. The molecule has 0 aromatic heterocycles. The summed E-state index contributed by atoms with van der Waals surface area (Å²) in [5, 5.41) is 10.0. The van der Waals surface area contributed by atoms with E-state index in [1.807, 2.05) is 24.0 Å². The van der Waals surface area contributed by atoms with Crippen LogP contribution < -0.4 is 0 Å². The second-order valence-corrected chi connectivity index (χ2v) is 7.11. The number of hydrogen-bond donors (Lipinski definition) is 1. The first-order chi connectivity index (χ1) is 12.6. The molecule has 0 saturated carbocycles. The van der Waals surface area contributed by atoms with E-state index in [0.717, 1.165) is 64.3 Å². The summed E-state index contributed by atoms with van der Waals surface area (Å²) in [6.45, 7) is 5.18. The minimum atomic E-state index is -0.401. The number of carbonyl (C=O) groups excluding carboxylic acids is 2. The van der Waals surface area contributed by atoms with Gasteiger partial charge in [0.15, 0.2) is 0 Å². The Morgan fingerprint density at radius 1 is 1.23 bits per heavy atom. The molecular weight excluding hydrogens is 330 g/mol. The molecule has 150 valence electrons. The smallest absolute Gasteiger partial charge is 0.305 e. The van der Waals surface area contributed by atoms with E-state index in [2.05, 4.69) is 6.92 Å². The number of likely N-dealkylation sites (tertiary alicyclic amines) is 1. The Kier molecular flexibility index (Phi) is 12.0. The van der Waals surface area contributed by atoms with Crippen molar-refractivity contribution < 1.29 is 19.4 Å². The summed E-state index contributed by atoms with van der Waals surface area (Å²) < 4.78 is 4.91. The Hall–Kier alpha value is -1.36. The van der Waals surface area contributed by atoms with Crippen molar-refractivity contribution in [2.45, 2.75) is 96.6 Å². The molecule has 5 heteroatoms. The third-order valence-electron chi connectivity index (χ3n) is 4.87. The van der Waals surface area contributed by atoms with Gasteiger partial charge in [0.25, 0.3) is 0 Å². The van der Waals surface area contributed by atoms with Crippen molar-refractivity contribution in [2.75, 3.05) is 13.2 Å². The van der Waals surface area contributed by atoms with Gasteiger partial charge in [-0.05, 0) is 32.6 Å². The van der Waals surface area contributed by atoms with Crippen LogP contribution >= 0.6 is 0 Å². The topological polar surface area (TPSA) is 66.8 Å². The molecule has 0 spiro atoms. The van der Waals surface area contributed by atoms with Gasteiger partial charge < -0.3 is 14.7 Å². The highest BCUT2D eigenvalue weighted by atomic mass is 16.5. The van der Waals surface area contributed by atoms with Crippen LogP contribution in [-0.4, -0.2) is 47.2 Å². The lowest BCUT2D eigenvalue weighted by Gasteiger charge is -2.22. The van der Waals surface area contributed by atoms with E-state index in [1.54, 1.807) is 0 Å². The minimum Gasteiger partial charge on any atom is -0.466 e. The second-order valence-electron chi connectivity index (χ2n) is 7.11. The number of amides is 1. The van der Waals surface area contributed by atoms with Crippen molar-refractivity contribution in [1.82, 2.24) is 4.90 Å². The Balaban J connectivity index is 2.24. The van der Waals surface area contributed by atoms with Crippen LogP contribution in [0.2, 0.25) is 0 Å². The van der Waals surface area contributed by atoms with Gasteiger partial charge in [-0.2, -0.15) is 0 Å². The highest BCUT2D eigenvalue weighted by Crippen LogP contribution is 2.21. The lowest BCUT2D eigenvalue weighted by atomic mass is 10.1. The van der Waals surface area contributed by atoms with Crippen molar-refractivity contribution in [1.29, 1.82) is 0 Å². The molecule has 26 heavy (non-hydrogen) atoms. The first-order valence-corrected chi connectivity index (χ1v) is 10.4. The maximum Gasteiger partial charge on any atom is 0.305 e. The molecule has 1 heterocycles. The average molecular weight is 368 g/mol. The largest absolute Gasteiger partial charge is 0.466 e. The number of ether oxygens (including phenoxy) is 1. The molecule has 0 aromatic rings. The number of rotatable bonds is 14. The van der Waals surface area contributed by atoms with Gasteiger partial charge >= 0.3 is 5.97 Å². The number of aliphatic hydroxyl groups is 1. The Morgan fingerprint density at radius 2 is 2.00 bits per heavy atom. The summed E-state index contributed by atoms with van der Waals surface area (Å²) in [5.74, 6) is 0.0940. The van der Waals surface area contributed by atoms with Crippen LogP contribution in [0, 0.1) is 0 Å². The van der Waals surface area contributed by atoms with Crippen LogP contribution in [0.3, 0.4) is 0 Å². The van der Waals surface area contributed by atoms with Gasteiger partial charge in [-0.3, -0.25) is 9.59 Å². The number of nitrogens with zero attached hydrogens (tertiary/aromatic N) is 1. The summed E-state index contributed by atoms with van der Waals surface area (Å²) in [5.41, 5.74) is 0. The molecule has 2 atom stereocenters. The summed E-state index contributed by atoms with van der Waals surface area (Å²) in [4.78, 5) is 25.3. The van der Waals surface area contributed by atoms with Crippen LogP contribution in [0.25, 0.3) is 0 Å². The predicted octanol–water partition coefficient (Wildman–Crippen LogP) is 3.99. The van der Waals surface area contributed by atoms with Crippen molar-refractivity contribution in [3.05, 3.63) is 12.2 Å². The first kappa shape index (κ1) is 22.7. The number of esters is 1. The molecule has 1 rings (SSSR count). The van der Waals surface area contributed by atoms with Crippen LogP contribution in [0.4, 0.5) is 0 Å². The van der Waals surface area contributed by atoms with Gasteiger partial charge in [0.2, 0.25) is 5.91 Å². The van der Waals surface area contributed by atoms with Crippen molar-refractivity contribution in [3.8, 4) is 0 Å². The van der Waals surface area contributed by atoms with Gasteiger partial charge in [-0.1, -0.05) is 51.2 Å². The van der Waals surface area contributed by atoms with Gasteiger partial charge in [-0.15, -0.1) is 0 Å². The number of hydrogen-bond acceptors (Lipinski definition) is 4. The van der Waals surface area contributed by atoms with E-state index >= 15 is 0 Å². The van der Waals surface area contributed by atoms with E-state index in [4.69, 9.17) is 4.74 Å². The molecule has 1 N–H and O–H groups in total. The molecule has 1 saturated heterocycles. The van der Waals surface area contributed by atoms with Crippen LogP contribution in [0.1, 0.15) is 84.5 Å². The molecule has 0 bridgehead atoms. The SMILES string of the molecule is CCCCCC(O)/C=C/[C@H]1CCC(=O)N1CCCCCCC(=O)OCC. The molecule has 0 aliphatic carbocycles. The van der Waals surface area contributed by atoms with Gasteiger partial charge in [0.05, 0.1) is 18.8 Å². The maximum absolute atomic E-state index is 12.1. The van der Waals surface area contributed by atoms with Crippen molar-refractivity contribution in [2.24, 2.45) is 0 Å². The zero-order valence-electron chi connectivity index (χ0n) is 16.6. The van der Waals surface area contributed by atoms with Crippen LogP contribution in [-0.2, 0) is 14.3 Å². The third kappa shape index (κ3) is 9.37. The molecular formula is C21H37NO4. The minimum absolute atomic E-state index is 0.120. The average Bonchev–Trinajstić information content (AvgIpc) is 2.96. The lowest BCUT2D eigenvalue weighted by Crippen LogP contribution is -2.32. The van der Waals surface area contributed by atoms with Gasteiger partial charge in [-0.25, -0.2) is 0 Å². The quantitative estimate of drug-likeness (QED) is 0.286. The molecule has 1 unspecified atom stereocenters. The molecule has 0 radical (unpaired) electrons. The third-order valence-corrected chi connectivity index (χ3v) is 4.87. The van der Waals surface area contributed by atoms with E-state index in [1.165, 1.54) is 0 Å². The summed E-state index contributed by atoms with van der Waals surface area (Å²) >= 11 is 0. The summed E-state index contributed by atoms with van der Waals surface area (Å²) in [6, 6.07) is 0.128. The fourth-order valence-corrected chi connectivity index (χ4v) is 3.34. The van der Waals surface area contributed by atoms with Crippen LogP contribution in [0.5, 0.6) is 0 Å². The predicted molar refractivity (Wildman–Crippen MR) is 104 cm³/mol. The maximum atomic E-state index is 12.1. The standard InChI is InChI=1S/C21H37NO4/c1-3-5-8-11-19(23)15-13-18-14-16-20(24)22(18)17-10-7-6-9-12-21(25)26-4-2/h13,15,18-19,23H,3-12,14,16-17H2,1-2H3/b15-13+/t18-,19?/m0/s1. The van der Waals surface area contributed by atoms with E-state index in [9.17, 15) is 14.7 Å². The van der Waals surface area contributed by atoms with Gasteiger partial charge in [0, 0.05) is 19.4 Å². The molecule has 1 aliphatic heterocycles. The fraction of sp³-hybridized carbons (Fsp3) is 0.810. The number of carbonyl (C=O) groups is 2. The number of aliphatic hydroxyl groups excluding tert-OH is 1. The number of unbranched alkanes of at least 4 members (excludes halogenated alkanes) is 5. The Labute approximate surface area is 158 Å². The van der Waals surface area contributed by atoms with Crippen molar-refractivity contribution in [3.63, 3.8) is 0 Å². The zero-order chi connectivity index (χ0) is 19.2. The molecule has 0 aromatic carbocycles. The second kappa shape index (κ2) is 13.8. The Bertz CT molecular complexity index is 436. The highest BCUT2D eigenvalue weighted by Gasteiger charge is 2.28. The normalized spacial score (nSPS) is 18.7. The molecule has 1 fully saturated rings. The van der Waals surface area contributed by atoms with Crippen molar-refractivity contribution >= 4 is 11.9 Å². The highest BCUT2D eigenvalue weighted by molar-refractivity contribution is 5.79. The summed E-state index contributed by atoms with van der Waals surface area (Å²) in [6.07, 6.45) is 13.4. The molecule has 5 nitrogen and oxygen atoms in total. The lowest BCUT2D eigenvalue weighted by molar-refractivity contribution is -0.143. The monoisotopic (exact) mass is 367 g/mol. The zero-order valence-corrected chi connectivity index (χ0v) is 16.6. The molecule has 1 amide bonds. The van der Waals surface area contributed by atoms with Gasteiger partial charge in [0.1, 0.15) is 0 Å². The first-order valence-electron chi connectivity index (χ1n) is 10.4. The Morgan fingerprint density at radius 3 is 2.73 bits per heavy atom. The van der Waals surface area contributed by atoms with Crippen LogP contribution in [0.15, 0.2) is 12.2 Å². The summed E-state index contributed by atoms with van der Waals surface area (Å²) in [7, 11) is 0. The van der Waals surface area contributed by atoms with E-state index < -0.39 is 6.10 Å².